The number of benzene rings is 1. The third-order valence-corrected chi connectivity index (χ3v) is 8.32. The number of aryl methyl sites for hydroxylation is 1. The Balaban J connectivity index is 1.70. The van der Waals surface area contributed by atoms with Gasteiger partial charge in [-0.25, -0.2) is 4.79 Å². The number of rotatable bonds is 6. The summed E-state index contributed by atoms with van der Waals surface area (Å²) in [4.78, 5) is 14.4. The van der Waals surface area contributed by atoms with Gasteiger partial charge in [0.15, 0.2) is 0 Å². The number of thiophene rings is 1. The van der Waals surface area contributed by atoms with Crippen molar-refractivity contribution >= 4 is 23.0 Å². The second-order valence-corrected chi connectivity index (χ2v) is 11.1. The van der Waals surface area contributed by atoms with Gasteiger partial charge in [0.05, 0.1) is 22.1 Å². The summed E-state index contributed by atoms with van der Waals surface area (Å²) in [7, 11) is 1.76. The van der Waals surface area contributed by atoms with Gasteiger partial charge in [0, 0.05) is 35.9 Å². The molecule has 0 bridgehead atoms. The minimum Gasteiger partial charge on any atom is -0.478 e. The lowest BCUT2D eigenvalue weighted by Gasteiger charge is -2.30. The molecule has 2 N–H and O–H groups in total. The van der Waals surface area contributed by atoms with Gasteiger partial charge < -0.3 is 15.2 Å². The first-order valence-corrected chi connectivity index (χ1v) is 12.3. The molecular formula is C26H32N2O3S. The summed E-state index contributed by atoms with van der Waals surface area (Å²) in [6, 6.07) is 8.19. The largest absolute Gasteiger partial charge is 0.478 e. The maximum absolute atomic E-state index is 12.4. The first-order chi connectivity index (χ1) is 15.3. The summed E-state index contributed by atoms with van der Waals surface area (Å²) in [6.07, 6.45) is 7.14. The van der Waals surface area contributed by atoms with Gasteiger partial charge in [0.25, 0.3) is 0 Å². The Hall–Kier alpha value is -2.36. The third kappa shape index (κ3) is 4.69. The van der Waals surface area contributed by atoms with E-state index in [0.29, 0.717) is 23.1 Å². The molecule has 170 valence electrons. The van der Waals surface area contributed by atoms with Crippen LogP contribution in [0.1, 0.15) is 72.3 Å². The van der Waals surface area contributed by atoms with E-state index in [1.807, 2.05) is 18.2 Å². The maximum Gasteiger partial charge on any atom is 0.337 e. The van der Waals surface area contributed by atoms with Crippen LogP contribution in [0.5, 0.6) is 0 Å². The first kappa shape index (κ1) is 22.8. The Morgan fingerprint density at radius 3 is 2.72 bits per heavy atom. The molecule has 6 heteroatoms. The highest BCUT2D eigenvalue weighted by molar-refractivity contribution is 7.16. The molecule has 32 heavy (non-hydrogen) atoms. The number of aromatic carboxylic acids is 1. The molecule has 2 aliphatic carbocycles. The average molecular weight is 453 g/mol. The molecule has 0 atom stereocenters. The number of hydrogen-bond acceptors (Lipinski definition) is 5. The van der Waals surface area contributed by atoms with Crippen LogP contribution in [0.4, 0.5) is 5.69 Å². The first-order valence-electron chi connectivity index (χ1n) is 11.5. The molecule has 1 fully saturated rings. The van der Waals surface area contributed by atoms with Crippen molar-refractivity contribution in [2.24, 2.45) is 11.3 Å². The number of carboxylic acid groups (broad SMARTS) is 1. The van der Waals surface area contributed by atoms with Gasteiger partial charge in [0.1, 0.15) is 0 Å². The van der Waals surface area contributed by atoms with Crippen molar-refractivity contribution in [1.29, 1.82) is 5.26 Å². The Bertz CT molecular complexity index is 1040. The predicted molar refractivity (Wildman–Crippen MR) is 128 cm³/mol. The molecule has 0 saturated heterocycles. The Kier molecular flexibility index (Phi) is 6.60. The smallest absolute Gasteiger partial charge is 0.337 e. The number of anilines is 1. The van der Waals surface area contributed by atoms with Crippen molar-refractivity contribution in [2.45, 2.75) is 64.8 Å². The molecular weight excluding hydrogens is 420 g/mol. The molecule has 0 radical (unpaired) electrons. The van der Waals surface area contributed by atoms with E-state index in [-0.39, 0.29) is 5.41 Å². The van der Waals surface area contributed by atoms with Gasteiger partial charge in [0.2, 0.25) is 0 Å². The third-order valence-electron chi connectivity index (χ3n) is 6.99. The van der Waals surface area contributed by atoms with Crippen molar-refractivity contribution in [3.63, 3.8) is 0 Å². The molecule has 0 amide bonds. The Labute approximate surface area is 194 Å². The van der Waals surface area contributed by atoms with Crippen LogP contribution in [-0.4, -0.2) is 30.8 Å². The fraction of sp³-hybridized carbons (Fsp3) is 0.538. The fourth-order valence-corrected chi connectivity index (χ4v) is 6.53. The number of carbonyl (C=O) groups is 1. The van der Waals surface area contributed by atoms with Crippen LogP contribution in [0.2, 0.25) is 0 Å². The van der Waals surface area contributed by atoms with Crippen LogP contribution in [0.3, 0.4) is 0 Å². The van der Waals surface area contributed by atoms with E-state index in [9.17, 15) is 15.2 Å². The van der Waals surface area contributed by atoms with E-state index < -0.39 is 5.97 Å². The number of nitrogens with one attached hydrogen (secondary N) is 1. The van der Waals surface area contributed by atoms with E-state index >= 15 is 0 Å². The van der Waals surface area contributed by atoms with E-state index in [1.165, 1.54) is 4.88 Å². The normalized spacial score (nSPS) is 22.1. The number of nitrogens with zero attached hydrogens (tertiary/aromatic N) is 1. The number of carboxylic acids is 1. The monoisotopic (exact) mass is 452 g/mol. The molecule has 1 aromatic carbocycles. The van der Waals surface area contributed by atoms with Crippen molar-refractivity contribution in [1.82, 2.24) is 0 Å². The SMILES string of the molecule is COC[C@H]1CC[C@H](Nc2ccc(C#N)cc2-c2sc3c(c2C(=O)O)CC(C)(C)CC3)CC1. The summed E-state index contributed by atoms with van der Waals surface area (Å²) in [5, 5.41) is 23.4. The van der Waals surface area contributed by atoms with E-state index in [0.717, 1.165) is 73.2 Å². The molecule has 1 heterocycles. The quantitative estimate of drug-likeness (QED) is 0.552. The highest BCUT2D eigenvalue weighted by Gasteiger charge is 2.33. The fourth-order valence-electron chi connectivity index (χ4n) is 5.19. The van der Waals surface area contributed by atoms with E-state index in [4.69, 9.17) is 4.74 Å². The van der Waals surface area contributed by atoms with Gasteiger partial charge >= 0.3 is 5.97 Å². The highest BCUT2D eigenvalue weighted by Crippen LogP contribution is 2.47. The van der Waals surface area contributed by atoms with E-state index in [1.54, 1.807) is 18.4 Å². The zero-order valence-electron chi connectivity index (χ0n) is 19.2. The van der Waals surface area contributed by atoms with Gasteiger partial charge in [-0.15, -0.1) is 11.3 Å². The molecule has 5 nitrogen and oxygen atoms in total. The van der Waals surface area contributed by atoms with Gasteiger partial charge in [-0.1, -0.05) is 13.8 Å². The molecule has 0 aliphatic heterocycles. The zero-order chi connectivity index (χ0) is 22.9. The Morgan fingerprint density at radius 2 is 2.06 bits per heavy atom. The predicted octanol–water partition coefficient (Wildman–Crippen LogP) is 6.12. The number of fused-ring (bicyclic) bond motifs is 1. The van der Waals surface area contributed by atoms with Crippen molar-refractivity contribution in [2.75, 3.05) is 19.0 Å². The molecule has 1 aromatic heterocycles. The summed E-state index contributed by atoms with van der Waals surface area (Å²) in [5.74, 6) is -0.256. The number of nitriles is 1. The average Bonchev–Trinajstić information content (AvgIpc) is 3.13. The molecule has 2 aliphatic rings. The zero-order valence-corrected chi connectivity index (χ0v) is 20.0. The number of methoxy groups -OCH3 is 1. The van der Waals surface area contributed by atoms with Crippen LogP contribution in [0, 0.1) is 22.7 Å². The van der Waals surface area contributed by atoms with Crippen LogP contribution < -0.4 is 5.32 Å². The lowest BCUT2D eigenvalue weighted by atomic mass is 9.76. The van der Waals surface area contributed by atoms with Crippen molar-refractivity contribution in [3.05, 3.63) is 39.8 Å². The second-order valence-electron chi connectivity index (χ2n) is 10.0. The minimum atomic E-state index is -0.872. The van der Waals surface area contributed by atoms with Gasteiger partial charge in [-0.3, -0.25) is 0 Å². The van der Waals surface area contributed by atoms with Crippen LogP contribution in [-0.2, 0) is 17.6 Å². The topological polar surface area (TPSA) is 82.3 Å². The number of ether oxygens (including phenoxy) is 1. The highest BCUT2D eigenvalue weighted by atomic mass is 32.1. The molecule has 0 spiro atoms. The van der Waals surface area contributed by atoms with Crippen molar-refractivity contribution in [3.8, 4) is 16.5 Å². The van der Waals surface area contributed by atoms with Gasteiger partial charge in [-0.05, 0) is 80.0 Å². The Morgan fingerprint density at radius 1 is 1.31 bits per heavy atom. The summed E-state index contributed by atoms with van der Waals surface area (Å²) in [5.41, 5.74) is 3.85. The van der Waals surface area contributed by atoms with Crippen LogP contribution >= 0.6 is 11.3 Å². The molecule has 1 saturated carbocycles. The standard InChI is InChI=1S/C26H32N2O3S/c1-26(2)11-10-22-20(13-26)23(25(29)30)24(32-22)19-12-17(14-27)6-9-21(19)28-18-7-4-16(5-8-18)15-31-3/h6,9,12,16,18,28H,4-5,7-8,10-11,13,15H2,1-3H3,(H,29,30)/t16-,18-. The molecule has 4 rings (SSSR count). The summed E-state index contributed by atoms with van der Waals surface area (Å²) < 4.78 is 5.32. The minimum absolute atomic E-state index is 0.103. The summed E-state index contributed by atoms with van der Waals surface area (Å²) in [6.45, 7) is 5.23. The lowest BCUT2D eigenvalue weighted by Crippen LogP contribution is -2.27. The maximum atomic E-state index is 12.4. The van der Waals surface area contributed by atoms with E-state index in [2.05, 4.69) is 25.2 Å². The van der Waals surface area contributed by atoms with Crippen LogP contribution in [0.15, 0.2) is 18.2 Å². The molecule has 0 unspecified atom stereocenters. The van der Waals surface area contributed by atoms with Crippen LogP contribution in [0.25, 0.3) is 10.4 Å². The number of hydrogen-bond donors (Lipinski definition) is 2. The van der Waals surface area contributed by atoms with Gasteiger partial charge in [-0.2, -0.15) is 5.26 Å². The summed E-state index contributed by atoms with van der Waals surface area (Å²) >= 11 is 1.60. The lowest BCUT2D eigenvalue weighted by molar-refractivity contribution is 0.0696. The molecule has 2 aromatic rings. The second kappa shape index (κ2) is 9.25. The van der Waals surface area contributed by atoms with Crippen molar-refractivity contribution < 1.29 is 14.6 Å².